The molecule has 1 rings (SSSR count). The van der Waals surface area contributed by atoms with Crippen LogP contribution in [-0.4, -0.2) is 0 Å². The molecular weight excluding hydrogens is 180 g/mol. The summed E-state index contributed by atoms with van der Waals surface area (Å²) in [6, 6.07) is 9.96. The van der Waals surface area contributed by atoms with Crippen molar-refractivity contribution >= 4 is 5.57 Å². The number of rotatable bonds is 3. The van der Waals surface area contributed by atoms with E-state index in [4.69, 9.17) is 6.42 Å². The second-order valence-electron chi connectivity index (χ2n) is 3.00. The number of allylic oxidation sites excluding steroid dienone is 6. The van der Waals surface area contributed by atoms with Crippen LogP contribution in [0.15, 0.2) is 60.7 Å². The summed E-state index contributed by atoms with van der Waals surface area (Å²) in [7, 11) is 0. The molecule has 0 nitrogen and oxygen atoms in total. The summed E-state index contributed by atoms with van der Waals surface area (Å²) in [6.45, 7) is 1.98. The number of benzene rings is 1. The van der Waals surface area contributed by atoms with Gasteiger partial charge in [0.25, 0.3) is 0 Å². The van der Waals surface area contributed by atoms with Gasteiger partial charge in [-0.1, -0.05) is 60.6 Å². The van der Waals surface area contributed by atoms with Crippen LogP contribution in [0.1, 0.15) is 12.5 Å². The lowest BCUT2D eigenvalue weighted by Crippen LogP contribution is -1.78. The van der Waals surface area contributed by atoms with Crippen molar-refractivity contribution in [1.29, 1.82) is 0 Å². The number of hydrogen-bond acceptors (Lipinski definition) is 0. The van der Waals surface area contributed by atoms with E-state index in [1.54, 1.807) is 0 Å². The Morgan fingerprint density at radius 3 is 2.47 bits per heavy atom. The third-order valence-corrected chi connectivity index (χ3v) is 1.92. The molecule has 0 aliphatic heterocycles. The van der Waals surface area contributed by atoms with E-state index in [1.165, 1.54) is 0 Å². The Bertz CT molecular complexity index is 411. The van der Waals surface area contributed by atoms with E-state index in [9.17, 15) is 0 Å². The van der Waals surface area contributed by atoms with Gasteiger partial charge in [-0.3, -0.25) is 0 Å². The Hall–Kier alpha value is -2.00. The molecule has 0 radical (unpaired) electrons. The first-order valence-corrected chi connectivity index (χ1v) is 4.90. The second kappa shape index (κ2) is 6.45. The van der Waals surface area contributed by atoms with E-state index in [0.29, 0.717) is 0 Å². The van der Waals surface area contributed by atoms with Crippen LogP contribution in [0.25, 0.3) is 5.57 Å². The van der Waals surface area contributed by atoms with Crippen molar-refractivity contribution in [2.24, 2.45) is 0 Å². The molecule has 15 heavy (non-hydrogen) atoms. The molecule has 0 unspecified atom stereocenters. The molecule has 0 aliphatic rings. The van der Waals surface area contributed by atoms with E-state index < -0.39 is 0 Å². The fourth-order valence-electron chi connectivity index (χ4n) is 1.17. The van der Waals surface area contributed by atoms with Crippen molar-refractivity contribution in [2.75, 3.05) is 0 Å². The molecule has 0 saturated carbocycles. The van der Waals surface area contributed by atoms with Gasteiger partial charge in [0.2, 0.25) is 0 Å². The highest BCUT2D eigenvalue weighted by Gasteiger charge is 1.93. The van der Waals surface area contributed by atoms with Crippen molar-refractivity contribution in [3.8, 4) is 12.3 Å². The maximum Gasteiger partial charge on any atom is 0.0315 e. The fourth-order valence-corrected chi connectivity index (χ4v) is 1.17. The van der Waals surface area contributed by atoms with E-state index in [-0.39, 0.29) is 0 Å². The van der Waals surface area contributed by atoms with Gasteiger partial charge in [0.1, 0.15) is 0 Å². The Morgan fingerprint density at radius 1 is 1.13 bits per heavy atom. The number of terminal acetylenes is 1. The molecule has 0 bridgehead atoms. The summed E-state index contributed by atoms with van der Waals surface area (Å²) >= 11 is 0. The Balaban J connectivity index is 2.86. The fraction of sp³-hybridized carbons (Fsp3) is 0.0667. The average Bonchev–Trinajstić information content (AvgIpc) is 2.30. The van der Waals surface area contributed by atoms with Gasteiger partial charge in [-0.15, -0.1) is 6.42 Å². The van der Waals surface area contributed by atoms with Crippen LogP contribution in [0.4, 0.5) is 0 Å². The highest BCUT2D eigenvalue weighted by Crippen LogP contribution is 2.12. The van der Waals surface area contributed by atoms with Gasteiger partial charge in [-0.25, -0.2) is 0 Å². The smallest absolute Gasteiger partial charge is 0.0315 e. The van der Waals surface area contributed by atoms with Gasteiger partial charge in [0.05, 0.1) is 0 Å². The van der Waals surface area contributed by atoms with Crippen LogP contribution in [-0.2, 0) is 0 Å². The van der Waals surface area contributed by atoms with Crippen LogP contribution in [0.5, 0.6) is 0 Å². The third-order valence-electron chi connectivity index (χ3n) is 1.92. The zero-order valence-corrected chi connectivity index (χ0v) is 8.85. The van der Waals surface area contributed by atoms with Crippen molar-refractivity contribution < 1.29 is 0 Å². The second-order valence-corrected chi connectivity index (χ2v) is 3.00. The van der Waals surface area contributed by atoms with Gasteiger partial charge in [0, 0.05) is 5.57 Å². The summed E-state index contributed by atoms with van der Waals surface area (Å²) in [5, 5.41) is 0. The SMILES string of the molecule is C#C/C(=C/C=C/C=C/C)c1ccccc1. The molecule has 0 saturated heterocycles. The summed E-state index contributed by atoms with van der Waals surface area (Å²) < 4.78 is 0. The van der Waals surface area contributed by atoms with Crippen LogP contribution in [0.2, 0.25) is 0 Å². The molecule has 0 N–H and O–H groups in total. The molecule has 0 aliphatic carbocycles. The van der Waals surface area contributed by atoms with E-state index in [0.717, 1.165) is 11.1 Å². The van der Waals surface area contributed by atoms with Gasteiger partial charge >= 0.3 is 0 Å². The minimum atomic E-state index is 0.899. The molecule has 74 valence electrons. The first kappa shape index (κ1) is 11.1. The van der Waals surface area contributed by atoms with E-state index in [1.807, 2.05) is 67.6 Å². The highest BCUT2D eigenvalue weighted by molar-refractivity contribution is 5.79. The van der Waals surface area contributed by atoms with Crippen molar-refractivity contribution in [2.45, 2.75) is 6.92 Å². The molecule has 0 fully saturated rings. The standard InChI is InChI=1S/C15H14/c1-3-5-6-8-11-14(4-2)15-12-9-7-10-13-15/h2-3,5-13H,1H3/b5-3+,8-6+,14-11-. The van der Waals surface area contributed by atoms with Crippen LogP contribution < -0.4 is 0 Å². The minimum absolute atomic E-state index is 0.899. The first-order valence-electron chi connectivity index (χ1n) is 4.90. The molecule has 0 heterocycles. The van der Waals surface area contributed by atoms with Gasteiger partial charge < -0.3 is 0 Å². The molecule has 0 spiro atoms. The summed E-state index contributed by atoms with van der Waals surface area (Å²) in [6.07, 6.45) is 15.2. The predicted octanol–water partition coefficient (Wildman–Crippen LogP) is 3.84. The molecule has 0 atom stereocenters. The molecule has 0 amide bonds. The summed E-state index contributed by atoms with van der Waals surface area (Å²) in [5.41, 5.74) is 1.97. The Kier molecular flexibility index (Phi) is 4.77. The predicted molar refractivity (Wildman–Crippen MR) is 67.2 cm³/mol. The largest absolute Gasteiger partial charge is 0.115 e. The van der Waals surface area contributed by atoms with Crippen LogP contribution in [0.3, 0.4) is 0 Å². The zero-order valence-electron chi connectivity index (χ0n) is 8.85. The lowest BCUT2D eigenvalue weighted by molar-refractivity contribution is 1.63. The Labute approximate surface area is 91.6 Å². The van der Waals surface area contributed by atoms with Crippen molar-refractivity contribution in [3.63, 3.8) is 0 Å². The van der Waals surface area contributed by atoms with Crippen molar-refractivity contribution in [3.05, 3.63) is 66.3 Å². The minimum Gasteiger partial charge on any atom is -0.115 e. The number of hydrogen-bond donors (Lipinski definition) is 0. The van der Waals surface area contributed by atoms with Crippen LogP contribution in [0, 0.1) is 12.3 Å². The lowest BCUT2D eigenvalue weighted by Gasteiger charge is -1.97. The maximum atomic E-state index is 5.45. The van der Waals surface area contributed by atoms with Gasteiger partial charge in [-0.2, -0.15) is 0 Å². The third kappa shape index (κ3) is 3.70. The Morgan fingerprint density at radius 2 is 1.87 bits per heavy atom. The normalized spacial score (nSPS) is 12.1. The molecular formula is C15H14. The molecule has 0 heteroatoms. The van der Waals surface area contributed by atoms with Crippen LogP contribution >= 0.6 is 0 Å². The summed E-state index contributed by atoms with van der Waals surface area (Å²) in [5.74, 6) is 2.68. The topological polar surface area (TPSA) is 0 Å². The van der Waals surface area contributed by atoms with E-state index in [2.05, 4.69) is 5.92 Å². The summed E-state index contributed by atoms with van der Waals surface area (Å²) in [4.78, 5) is 0. The zero-order chi connectivity index (χ0) is 10.9. The monoisotopic (exact) mass is 194 g/mol. The van der Waals surface area contributed by atoms with Gasteiger partial charge in [0.15, 0.2) is 0 Å². The quantitative estimate of drug-likeness (QED) is 0.506. The average molecular weight is 194 g/mol. The molecule has 1 aromatic carbocycles. The van der Waals surface area contributed by atoms with E-state index >= 15 is 0 Å². The van der Waals surface area contributed by atoms with Crippen molar-refractivity contribution in [1.82, 2.24) is 0 Å². The first-order chi connectivity index (χ1) is 7.38. The molecule has 0 aromatic heterocycles. The lowest BCUT2D eigenvalue weighted by atomic mass is 10.1. The molecule has 1 aromatic rings. The maximum absolute atomic E-state index is 5.45. The van der Waals surface area contributed by atoms with Gasteiger partial charge in [-0.05, 0) is 18.6 Å². The highest BCUT2D eigenvalue weighted by atomic mass is 14.0.